The molecule has 1 N–H and O–H groups in total. The summed E-state index contributed by atoms with van der Waals surface area (Å²) in [4.78, 5) is 9.87. The van der Waals surface area contributed by atoms with Crippen LogP contribution in [0.25, 0.3) is 11.0 Å². The van der Waals surface area contributed by atoms with Crippen LogP contribution in [0.3, 0.4) is 0 Å². The first-order valence-corrected chi connectivity index (χ1v) is 6.97. The molecule has 0 spiro atoms. The Hall–Kier alpha value is -1.20. The minimum atomic E-state index is 0.796. The van der Waals surface area contributed by atoms with Crippen LogP contribution in [0.2, 0.25) is 0 Å². The maximum absolute atomic E-state index is 5.38. The lowest BCUT2D eigenvalue weighted by Gasteiger charge is -2.19. The first-order chi connectivity index (χ1) is 8.79. The van der Waals surface area contributed by atoms with Crippen molar-refractivity contribution >= 4 is 23.3 Å². The van der Waals surface area contributed by atoms with Crippen LogP contribution in [-0.2, 0) is 6.54 Å². The smallest absolute Gasteiger partial charge is 0.178 e. The number of aromatic nitrogens is 3. The molecule has 2 aromatic rings. The first-order valence-electron chi connectivity index (χ1n) is 6.56. The molecule has 0 amide bonds. The van der Waals surface area contributed by atoms with Crippen LogP contribution in [0.5, 0.6) is 0 Å². The van der Waals surface area contributed by atoms with Crippen molar-refractivity contribution in [2.45, 2.75) is 32.4 Å². The molecule has 4 nitrogen and oxygen atoms in total. The van der Waals surface area contributed by atoms with Crippen molar-refractivity contribution in [1.29, 1.82) is 0 Å². The number of rotatable bonds is 5. The van der Waals surface area contributed by atoms with Crippen LogP contribution < -0.4 is 0 Å². The van der Waals surface area contributed by atoms with Crippen molar-refractivity contribution in [3.05, 3.63) is 23.2 Å². The molecule has 2 heterocycles. The van der Waals surface area contributed by atoms with Crippen molar-refractivity contribution in [1.82, 2.24) is 19.4 Å². The maximum Gasteiger partial charge on any atom is 0.178 e. The minimum absolute atomic E-state index is 0.796. The van der Waals surface area contributed by atoms with E-state index in [1.165, 1.54) is 12.8 Å². The third-order valence-corrected chi connectivity index (χ3v) is 3.98. The van der Waals surface area contributed by atoms with E-state index in [1.54, 1.807) is 0 Å². The van der Waals surface area contributed by atoms with Gasteiger partial charge in [0, 0.05) is 25.3 Å². The van der Waals surface area contributed by atoms with E-state index in [-0.39, 0.29) is 0 Å². The van der Waals surface area contributed by atoms with E-state index in [0.717, 1.165) is 41.5 Å². The highest BCUT2D eigenvalue weighted by Crippen LogP contribution is 2.26. The van der Waals surface area contributed by atoms with Gasteiger partial charge in [0.1, 0.15) is 0 Å². The van der Waals surface area contributed by atoms with Gasteiger partial charge in [-0.05, 0) is 37.7 Å². The summed E-state index contributed by atoms with van der Waals surface area (Å²) in [6.45, 7) is 5.39. The van der Waals surface area contributed by atoms with Gasteiger partial charge in [0.05, 0.1) is 17.2 Å². The Bertz CT molecular complexity index is 596. The van der Waals surface area contributed by atoms with E-state index in [2.05, 4.69) is 26.4 Å². The summed E-state index contributed by atoms with van der Waals surface area (Å²) in [5.74, 6) is 0. The predicted octanol–water partition coefficient (Wildman–Crippen LogP) is 2.58. The highest BCUT2D eigenvalue weighted by Gasteiger charge is 2.27. The predicted molar refractivity (Wildman–Crippen MR) is 75.2 cm³/mol. The van der Waals surface area contributed by atoms with Gasteiger partial charge in [0.25, 0.3) is 0 Å². The Labute approximate surface area is 112 Å². The molecular formula is C13H18N4S. The van der Waals surface area contributed by atoms with Crippen LogP contribution in [0.4, 0.5) is 0 Å². The number of pyridine rings is 1. The van der Waals surface area contributed by atoms with Crippen molar-refractivity contribution in [3.63, 3.8) is 0 Å². The molecular weight excluding hydrogens is 244 g/mol. The zero-order valence-corrected chi connectivity index (χ0v) is 11.4. The second-order valence-electron chi connectivity index (χ2n) is 4.83. The van der Waals surface area contributed by atoms with Crippen molar-refractivity contribution in [2.75, 3.05) is 13.1 Å². The largest absolute Gasteiger partial charge is 0.329 e. The summed E-state index contributed by atoms with van der Waals surface area (Å²) < 4.78 is 2.97. The van der Waals surface area contributed by atoms with Gasteiger partial charge in [-0.2, -0.15) is 0 Å². The lowest BCUT2D eigenvalue weighted by atomic mass is 10.4. The zero-order valence-electron chi connectivity index (χ0n) is 10.6. The van der Waals surface area contributed by atoms with Crippen LogP contribution >= 0.6 is 12.2 Å². The molecule has 1 aliphatic rings. The van der Waals surface area contributed by atoms with E-state index in [4.69, 9.17) is 12.2 Å². The van der Waals surface area contributed by atoms with Crippen LogP contribution in [-0.4, -0.2) is 38.6 Å². The van der Waals surface area contributed by atoms with Gasteiger partial charge in [-0.3, -0.25) is 9.88 Å². The van der Waals surface area contributed by atoms with Crippen molar-refractivity contribution < 1.29 is 0 Å². The Balaban J connectivity index is 1.81. The SMILES string of the molecule is CCN(CCn1c(=S)[nH]c2cnccc21)C1CC1. The fourth-order valence-electron chi connectivity index (χ4n) is 2.50. The van der Waals surface area contributed by atoms with E-state index in [1.807, 2.05) is 18.5 Å². The molecule has 2 aromatic heterocycles. The molecule has 96 valence electrons. The summed E-state index contributed by atoms with van der Waals surface area (Å²) in [6.07, 6.45) is 6.37. The van der Waals surface area contributed by atoms with Gasteiger partial charge in [-0.1, -0.05) is 6.92 Å². The Morgan fingerprint density at radius 3 is 3.11 bits per heavy atom. The molecule has 0 aliphatic heterocycles. The first kappa shape index (κ1) is 11.9. The second kappa shape index (κ2) is 4.82. The van der Waals surface area contributed by atoms with Crippen LogP contribution in [0.15, 0.2) is 18.5 Å². The average Bonchev–Trinajstić information content (AvgIpc) is 3.15. The molecule has 1 fully saturated rings. The molecule has 0 saturated heterocycles. The molecule has 0 bridgehead atoms. The standard InChI is InChI=1S/C13H18N4S/c1-2-16(10-3-4-10)7-8-17-12-5-6-14-9-11(12)15-13(17)18/h5-6,9-10H,2-4,7-8H2,1H3,(H,15,18). The Kier molecular flexibility index (Phi) is 3.18. The third-order valence-electron chi connectivity index (χ3n) is 3.66. The monoisotopic (exact) mass is 262 g/mol. The number of H-pyrrole nitrogens is 1. The maximum atomic E-state index is 5.38. The van der Waals surface area contributed by atoms with Gasteiger partial charge >= 0.3 is 0 Å². The molecule has 0 atom stereocenters. The highest BCUT2D eigenvalue weighted by atomic mass is 32.1. The normalized spacial score (nSPS) is 15.7. The summed E-state index contributed by atoms with van der Waals surface area (Å²) in [6, 6.07) is 2.84. The number of nitrogens with zero attached hydrogens (tertiary/aromatic N) is 3. The van der Waals surface area contributed by atoms with Crippen LogP contribution in [0, 0.1) is 4.77 Å². The minimum Gasteiger partial charge on any atom is -0.329 e. The lowest BCUT2D eigenvalue weighted by molar-refractivity contribution is 0.267. The van der Waals surface area contributed by atoms with E-state index in [0.29, 0.717) is 0 Å². The second-order valence-corrected chi connectivity index (χ2v) is 5.22. The topological polar surface area (TPSA) is 36.9 Å². The molecule has 5 heteroatoms. The molecule has 3 rings (SSSR count). The summed E-state index contributed by atoms with van der Waals surface area (Å²) in [5.41, 5.74) is 2.18. The van der Waals surface area contributed by atoms with E-state index in [9.17, 15) is 0 Å². The van der Waals surface area contributed by atoms with Gasteiger partial charge in [0.2, 0.25) is 0 Å². The number of fused-ring (bicyclic) bond motifs is 1. The van der Waals surface area contributed by atoms with Gasteiger partial charge in [0.15, 0.2) is 4.77 Å². The molecule has 1 saturated carbocycles. The van der Waals surface area contributed by atoms with Gasteiger partial charge < -0.3 is 9.55 Å². The fraction of sp³-hybridized carbons (Fsp3) is 0.538. The average molecular weight is 262 g/mol. The molecule has 0 aromatic carbocycles. The summed E-state index contributed by atoms with van der Waals surface area (Å²) >= 11 is 5.38. The molecule has 0 radical (unpaired) electrons. The molecule has 18 heavy (non-hydrogen) atoms. The van der Waals surface area contributed by atoms with E-state index < -0.39 is 0 Å². The highest BCUT2D eigenvalue weighted by molar-refractivity contribution is 7.71. The number of hydrogen-bond acceptors (Lipinski definition) is 3. The Morgan fingerprint density at radius 1 is 1.56 bits per heavy atom. The Morgan fingerprint density at radius 2 is 2.39 bits per heavy atom. The van der Waals surface area contributed by atoms with Gasteiger partial charge in [-0.25, -0.2) is 0 Å². The molecule has 0 unspecified atom stereocenters. The summed E-state index contributed by atoms with van der Waals surface area (Å²) in [7, 11) is 0. The lowest BCUT2D eigenvalue weighted by Crippen LogP contribution is -2.29. The fourth-order valence-corrected chi connectivity index (χ4v) is 2.80. The van der Waals surface area contributed by atoms with E-state index >= 15 is 0 Å². The quantitative estimate of drug-likeness (QED) is 0.841. The van der Waals surface area contributed by atoms with Crippen molar-refractivity contribution in [2.24, 2.45) is 0 Å². The number of aromatic amines is 1. The summed E-state index contributed by atoms with van der Waals surface area (Å²) in [5, 5.41) is 0. The number of likely N-dealkylation sites (N-methyl/N-ethyl adjacent to an activating group) is 1. The number of nitrogens with one attached hydrogen (secondary N) is 1. The zero-order chi connectivity index (χ0) is 12.5. The van der Waals surface area contributed by atoms with Crippen LogP contribution in [0.1, 0.15) is 19.8 Å². The third kappa shape index (κ3) is 2.20. The number of imidazole rings is 1. The molecule has 1 aliphatic carbocycles. The van der Waals surface area contributed by atoms with Crippen molar-refractivity contribution in [3.8, 4) is 0 Å². The number of hydrogen-bond donors (Lipinski definition) is 1. The van der Waals surface area contributed by atoms with Gasteiger partial charge in [-0.15, -0.1) is 0 Å².